The van der Waals surface area contributed by atoms with E-state index in [1.807, 2.05) is 30.5 Å². The lowest BCUT2D eigenvalue weighted by Gasteiger charge is -2.34. The number of pyridine rings is 1. The quantitative estimate of drug-likeness (QED) is 0.354. The Hall–Kier alpha value is -3.27. The third-order valence-electron chi connectivity index (χ3n) is 8.23. The number of anilines is 1. The number of carbonyl (C=O) groups excluding carboxylic acids is 1. The Kier molecular flexibility index (Phi) is 7.99. The lowest BCUT2D eigenvalue weighted by Crippen LogP contribution is -2.41. The molecule has 9 nitrogen and oxygen atoms in total. The second kappa shape index (κ2) is 11.3. The minimum atomic E-state index is -0.342. The van der Waals surface area contributed by atoms with Gasteiger partial charge in [-0.1, -0.05) is 33.8 Å². The van der Waals surface area contributed by atoms with Crippen LogP contribution in [0.15, 0.2) is 53.9 Å². The minimum Gasteiger partial charge on any atom is -0.476 e. The summed E-state index contributed by atoms with van der Waals surface area (Å²) in [6, 6.07) is 5.53. The van der Waals surface area contributed by atoms with E-state index in [0.717, 1.165) is 49.6 Å². The standard InChI is InChI=1S/C30H41N7O2S/c1-7-29(4,5)19-39-25-12-14-37(34-25)24-10-9-22-27(33-24)36-18-21(17-30(36,6)8-2)11-13-31-23-15-20(3)16-26(32-23)40-35-28(22)38/h8-10,12,14-15,20-21,31H,2,7,11,13,16-19H2,1,3-6H3,(H,35,38). The second-order valence-electron chi connectivity index (χ2n) is 12.2. The minimum absolute atomic E-state index is 0.0682. The molecule has 0 aliphatic carbocycles. The van der Waals surface area contributed by atoms with E-state index in [1.165, 1.54) is 11.9 Å². The molecule has 1 amide bonds. The molecule has 0 aromatic carbocycles. The van der Waals surface area contributed by atoms with Crippen LogP contribution in [0.4, 0.5) is 5.82 Å². The van der Waals surface area contributed by atoms with Gasteiger partial charge in [-0.25, -0.2) is 14.7 Å². The first-order valence-corrected chi connectivity index (χ1v) is 15.0. The van der Waals surface area contributed by atoms with Gasteiger partial charge in [-0.05, 0) is 61.6 Å². The summed E-state index contributed by atoms with van der Waals surface area (Å²) in [6.07, 6.45) is 9.73. The number of aromatic nitrogens is 3. The van der Waals surface area contributed by atoms with Crippen LogP contribution in [-0.2, 0) is 0 Å². The molecule has 0 spiro atoms. The van der Waals surface area contributed by atoms with Gasteiger partial charge in [0.2, 0.25) is 5.88 Å². The zero-order valence-electron chi connectivity index (χ0n) is 24.2. The third kappa shape index (κ3) is 6.06. The molecule has 5 heterocycles. The summed E-state index contributed by atoms with van der Waals surface area (Å²) in [5.74, 6) is 3.27. The predicted octanol–water partition coefficient (Wildman–Crippen LogP) is 5.50. The van der Waals surface area contributed by atoms with E-state index < -0.39 is 0 Å². The van der Waals surface area contributed by atoms with Gasteiger partial charge in [0.25, 0.3) is 5.91 Å². The highest BCUT2D eigenvalue weighted by Crippen LogP contribution is 2.40. The van der Waals surface area contributed by atoms with E-state index >= 15 is 0 Å². The van der Waals surface area contributed by atoms with Crippen LogP contribution < -0.4 is 19.7 Å². The highest BCUT2D eigenvalue weighted by Gasteiger charge is 2.42. The van der Waals surface area contributed by atoms with Crippen LogP contribution in [-0.4, -0.2) is 51.0 Å². The SMILES string of the molecule is C=CC1(C)CC2CCNC3=CC(C)CC(=N3)SNC(=O)c3ccc(-n4ccc(OCC(C)(C)CC)n4)nc3N1C2. The van der Waals surface area contributed by atoms with Crippen LogP contribution >= 0.6 is 11.9 Å². The van der Waals surface area contributed by atoms with Crippen LogP contribution in [0.5, 0.6) is 5.88 Å². The van der Waals surface area contributed by atoms with E-state index in [2.05, 4.69) is 67.3 Å². The molecule has 3 aliphatic rings. The van der Waals surface area contributed by atoms with Crippen molar-refractivity contribution in [1.29, 1.82) is 0 Å². The Morgan fingerprint density at radius 3 is 2.92 bits per heavy atom. The van der Waals surface area contributed by atoms with Gasteiger partial charge in [0, 0.05) is 43.7 Å². The van der Waals surface area contributed by atoms with Crippen molar-refractivity contribution in [3.63, 3.8) is 0 Å². The predicted molar refractivity (Wildman–Crippen MR) is 162 cm³/mol. The molecule has 4 bridgehead atoms. The maximum absolute atomic E-state index is 13.6. The number of fused-ring (bicyclic) bond motifs is 5. The topological polar surface area (TPSA) is 96.7 Å². The summed E-state index contributed by atoms with van der Waals surface area (Å²) < 4.78 is 10.7. The fraction of sp³-hybridized carbons (Fsp3) is 0.533. The first-order valence-electron chi connectivity index (χ1n) is 14.2. The van der Waals surface area contributed by atoms with Gasteiger partial charge in [0.15, 0.2) is 5.82 Å². The molecular weight excluding hydrogens is 522 g/mol. The zero-order valence-corrected chi connectivity index (χ0v) is 25.1. The second-order valence-corrected chi connectivity index (χ2v) is 13.1. The van der Waals surface area contributed by atoms with Crippen molar-refractivity contribution in [2.24, 2.45) is 22.2 Å². The van der Waals surface area contributed by atoms with Gasteiger partial charge < -0.3 is 15.0 Å². The molecule has 214 valence electrons. The van der Waals surface area contributed by atoms with E-state index in [-0.39, 0.29) is 16.9 Å². The molecule has 2 aromatic rings. The Bertz CT molecular complexity index is 1330. The highest BCUT2D eigenvalue weighted by atomic mass is 32.2. The lowest BCUT2D eigenvalue weighted by molar-refractivity contribution is 0.0984. The maximum atomic E-state index is 13.6. The van der Waals surface area contributed by atoms with E-state index in [0.29, 0.717) is 41.5 Å². The van der Waals surface area contributed by atoms with Crippen molar-refractivity contribution in [3.05, 3.63) is 54.5 Å². The number of ether oxygens (including phenoxy) is 1. The number of aliphatic imine (C=N–C) groups is 1. The molecule has 1 saturated heterocycles. The van der Waals surface area contributed by atoms with Crippen molar-refractivity contribution < 1.29 is 9.53 Å². The summed E-state index contributed by atoms with van der Waals surface area (Å²) in [5, 5.41) is 9.04. The summed E-state index contributed by atoms with van der Waals surface area (Å²) in [5.41, 5.74) is 0.248. The van der Waals surface area contributed by atoms with Gasteiger partial charge in [0.05, 0.1) is 22.8 Å². The number of carbonyl (C=O) groups is 1. The Labute approximate surface area is 241 Å². The highest BCUT2D eigenvalue weighted by molar-refractivity contribution is 8.12. The van der Waals surface area contributed by atoms with Crippen LogP contribution in [0, 0.1) is 17.3 Å². The van der Waals surface area contributed by atoms with Gasteiger partial charge in [-0.2, -0.15) is 0 Å². The molecule has 3 atom stereocenters. The number of hydrogen-bond donors (Lipinski definition) is 2. The van der Waals surface area contributed by atoms with Gasteiger partial charge >= 0.3 is 0 Å². The Balaban J connectivity index is 1.49. The molecule has 1 fully saturated rings. The Morgan fingerprint density at radius 1 is 1.32 bits per heavy atom. The summed E-state index contributed by atoms with van der Waals surface area (Å²) >= 11 is 1.29. The molecule has 5 rings (SSSR count). The number of hydrogen-bond acceptors (Lipinski definition) is 8. The summed E-state index contributed by atoms with van der Waals surface area (Å²) in [6.45, 7) is 17.2. The molecule has 2 N–H and O–H groups in total. The average Bonchev–Trinajstić information content (AvgIpc) is 3.54. The van der Waals surface area contributed by atoms with Crippen LogP contribution in [0.3, 0.4) is 0 Å². The maximum Gasteiger partial charge on any atom is 0.265 e. The monoisotopic (exact) mass is 563 g/mol. The van der Waals surface area contributed by atoms with Crippen molar-refractivity contribution in [2.45, 2.75) is 65.8 Å². The number of nitrogens with zero attached hydrogens (tertiary/aromatic N) is 5. The fourth-order valence-electron chi connectivity index (χ4n) is 5.32. The molecule has 10 heteroatoms. The Morgan fingerprint density at radius 2 is 2.15 bits per heavy atom. The van der Waals surface area contributed by atoms with Crippen LogP contribution in [0.2, 0.25) is 0 Å². The molecule has 3 aliphatic heterocycles. The van der Waals surface area contributed by atoms with E-state index in [4.69, 9.17) is 14.7 Å². The smallest absolute Gasteiger partial charge is 0.265 e. The normalized spacial score (nSPS) is 25.1. The van der Waals surface area contributed by atoms with Crippen LogP contribution in [0.1, 0.15) is 70.7 Å². The van der Waals surface area contributed by atoms with E-state index in [9.17, 15) is 4.79 Å². The number of rotatable bonds is 6. The first-order chi connectivity index (χ1) is 19.1. The summed E-state index contributed by atoms with van der Waals surface area (Å²) in [7, 11) is 0. The van der Waals surface area contributed by atoms with Crippen molar-refractivity contribution >= 4 is 28.7 Å². The number of nitrogens with one attached hydrogen (secondary N) is 2. The average molecular weight is 564 g/mol. The molecule has 0 radical (unpaired) electrons. The van der Waals surface area contributed by atoms with Gasteiger partial charge in [-0.3, -0.25) is 9.52 Å². The zero-order chi connectivity index (χ0) is 28.5. The molecular formula is C30H41N7O2S. The van der Waals surface area contributed by atoms with Crippen LogP contribution in [0.25, 0.3) is 5.82 Å². The number of allylic oxidation sites excluding steroid dienone is 1. The fourth-order valence-corrected chi connectivity index (χ4v) is 6.13. The first kappa shape index (κ1) is 28.3. The molecule has 0 saturated carbocycles. The summed E-state index contributed by atoms with van der Waals surface area (Å²) in [4.78, 5) is 25.6. The van der Waals surface area contributed by atoms with Crippen molar-refractivity contribution in [2.75, 3.05) is 24.6 Å². The molecule has 40 heavy (non-hydrogen) atoms. The largest absolute Gasteiger partial charge is 0.476 e. The van der Waals surface area contributed by atoms with Gasteiger partial charge in [-0.15, -0.1) is 11.7 Å². The van der Waals surface area contributed by atoms with Crippen molar-refractivity contribution in [1.82, 2.24) is 24.8 Å². The number of amides is 1. The molecule has 2 aromatic heterocycles. The van der Waals surface area contributed by atoms with E-state index in [1.54, 1.807) is 4.68 Å². The molecule has 3 unspecified atom stereocenters. The van der Waals surface area contributed by atoms with Crippen molar-refractivity contribution in [3.8, 4) is 11.7 Å². The third-order valence-corrected chi connectivity index (χ3v) is 9.01. The lowest BCUT2D eigenvalue weighted by atomic mass is 9.92. The van der Waals surface area contributed by atoms with Gasteiger partial charge in [0.1, 0.15) is 11.6 Å².